The number of hydrogen-bond donors (Lipinski definition) is 2. The fourth-order valence-corrected chi connectivity index (χ4v) is 2.24. The van der Waals surface area contributed by atoms with Gasteiger partial charge in [-0.05, 0) is 46.9 Å². The van der Waals surface area contributed by atoms with E-state index in [1.807, 2.05) is 6.07 Å². The predicted octanol–water partition coefficient (Wildman–Crippen LogP) is 2.81. The van der Waals surface area contributed by atoms with Gasteiger partial charge < -0.3 is 10.1 Å². The first kappa shape index (κ1) is 13.1. The lowest BCUT2D eigenvalue weighted by molar-refractivity contribution is 0.317. The highest BCUT2D eigenvalue weighted by Gasteiger charge is 2.15. The molecule has 102 valence electrons. The van der Waals surface area contributed by atoms with Gasteiger partial charge in [0, 0.05) is 9.77 Å². The van der Waals surface area contributed by atoms with Crippen LogP contribution in [0.3, 0.4) is 0 Å². The number of hydrazone groups is 1. The minimum Gasteiger partial charge on any atom is -0.453 e. The molecule has 7 heteroatoms. The number of benzene rings is 1. The molecule has 0 amide bonds. The molecule has 0 atom stereocenters. The van der Waals surface area contributed by atoms with Gasteiger partial charge in [-0.15, -0.1) is 5.10 Å². The number of nitrogens with one attached hydrogen (secondary N) is 2. The molecule has 1 aromatic carbocycles. The van der Waals surface area contributed by atoms with Crippen molar-refractivity contribution >= 4 is 39.9 Å². The topological polar surface area (TPSA) is 58.5 Å². The van der Waals surface area contributed by atoms with E-state index in [1.165, 1.54) is 6.07 Å². The van der Waals surface area contributed by atoms with E-state index in [-0.39, 0.29) is 5.82 Å². The molecule has 0 saturated heterocycles. The van der Waals surface area contributed by atoms with Crippen LogP contribution in [0.1, 0.15) is 5.56 Å². The zero-order valence-electron chi connectivity index (χ0n) is 10.2. The summed E-state index contributed by atoms with van der Waals surface area (Å²) in [7, 11) is 0. The van der Waals surface area contributed by atoms with Gasteiger partial charge in [-0.1, -0.05) is 0 Å². The monoisotopic (exact) mass is 384 g/mol. The number of anilines is 2. The minimum atomic E-state index is -0.320. The van der Waals surface area contributed by atoms with Crippen molar-refractivity contribution < 1.29 is 9.13 Å². The fourth-order valence-electron chi connectivity index (χ4n) is 1.79. The summed E-state index contributed by atoms with van der Waals surface area (Å²) in [5, 5.41) is 7.04. The van der Waals surface area contributed by atoms with Crippen LogP contribution in [0, 0.1) is 9.39 Å². The first-order valence-corrected chi connectivity index (χ1v) is 6.92. The fraction of sp³-hybridized carbons (Fsp3) is 0.0769. The van der Waals surface area contributed by atoms with E-state index in [0.29, 0.717) is 24.0 Å². The first-order valence-electron chi connectivity index (χ1n) is 5.84. The van der Waals surface area contributed by atoms with Crippen LogP contribution in [0.2, 0.25) is 0 Å². The summed E-state index contributed by atoms with van der Waals surface area (Å²) in [5.41, 5.74) is 4.46. The van der Waals surface area contributed by atoms with Crippen LogP contribution in [0.25, 0.3) is 0 Å². The lowest BCUT2D eigenvalue weighted by atomic mass is 10.2. The van der Waals surface area contributed by atoms with Gasteiger partial charge in [0.05, 0.1) is 23.1 Å². The number of hydrogen-bond acceptors (Lipinski definition) is 5. The summed E-state index contributed by atoms with van der Waals surface area (Å²) in [5.74, 6) is 0.139. The molecule has 5 nitrogen and oxygen atoms in total. The van der Waals surface area contributed by atoms with Crippen LogP contribution in [-0.4, -0.2) is 17.6 Å². The number of rotatable bonds is 3. The highest BCUT2D eigenvalue weighted by atomic mass is 127. The van der Waals surface area contributed by atoms with Gasteiger partial charge >= 0.3 is 0 Å². The lowest BCUT2D eigenvalue weighted by Crippen LogP contribution is -2.06. The Morgan fingerprint density at radius 3 is 2.95 bits per heavy atom. The van der Waals surface area contributed by atoms with Crippen molar-refractivity contribution in [3.05, 3.63) is 51.6 Å². The Morgan fingerprint density at radius 1 is 1.30 bits per heavy atom. The summed E-state index contributed by atoms with van der Waals surface area (Å²) >= 11 is 2.06. The van der Waals surface area contributed by atoms with Gasteiger partial charge in [-0.25, -0.2) is 4.39 Å². The van der Waals surface area contributed by atoms with Crippen molar-refractivity contribution in [1.29, 1.82) is 0 Å². The van der Waals surface area contributed by atoms with Gasteiger partial charge in [0.1, 0.15) is 5.82 Å². The Morgan fingerprint density at radius 2 is 2.20 bits per heavy atom. The van der Waals surface area contributed by atoms with Crippen LogP contribution < -0.4 is 10.7 Å². The molecule has 2 N–H and O–H groups in total. The third-order valence-electron chi connectivity index (χ3n) is 2.71. The Bertz CT molecular complexity index is 677. The molecule has 1 aliphatic heterocycles. The van der Waals surface area contributed by atoms with Crippen LogP contribution in [0.4, 0.5) is 15.8 Å². The summed E-state index contributed by atoms with van der Waals surface area (Å²) in [4.78, 5) is 4.04. The average molecular weight is 384 g/mol. The van der Waals surface area contributed by atoms with Gasteiger partial charge in [-0.3, -0.25) is 10.4 Å². The molecule has 0 aliphatic carbocycles. The maximum Gasteiger partial charge on any atom is 0.242 e. The molecular weight excluding hydrogens is 374 g/mol. The smallest absolute Gasteiger partial charge is 0.242 e. The Kier molecular flexibility index (Phi) is 3.68. The van der Waals surface area contributed by atoms with Gasteiger partial charge in [-0.2, -0.15) is 0 Å². The molecule has 0 bridgehead atoms. The Labute approximate surface area is 128 Å². The van der Waals surface area contributed by atoms with Gasteiger partial charge in [0.15, 0.2) is 6.73 Å². The van der Waals surface area contributed by atoms with Gasteiger partial charge in [0.25, 0.3) is 0 Å². The average Bonchev–Trinajstić information content (AvgIpc) is 2.96. The third-order valence-corrected chi connectivity index (χ3v) is 3.38. The van der Waals surface area contributed by atoms with E-state index in [2.05, 4.69) is 43.4 Å². The predicted molar refractivity (Wildman–Crippen MR) is 82.3 cm³/mol. The largest absolute Gasteiger partial charge is 0.453 e. The molecule has 0 spiro atoms. The molecule has 3 rings (SSSR count). The lowest BCUT2D eigenvalue weighted by Gasteiger charge is -2.11. The van der Waals surface area contributed by atoms with Crippen molar-refractivity contribution in [1.82, 2.24) is 10.4 Å². The van der Waals surface area contributed by atoms with Gasteiger partial charge in [0.2, 0.25) is 5.90 Å². The van der Waals surface area contributed by atoms with E-state index < -0.39 is 0 Å². The zero-order valence-corrected chi connectivity index (χ0v) is 12.4. The normalized spacial score (nSPS) is 13.4. The summed E-state index contributed by atoms with van der Waals surface area (Å²) in [6.07, 6.45) is 3.24. The van der Waals surface area contributed by atoms with Crippen molar-refractivity contribution in [2.75, 3.05) is 12.0 Å². The quantitative estimate of drug-likeness (QED) is 0.800. The van der Waals surface area contributed by atoms with E-state index in [1.54, 1.807) is 24.5 Å². The number of halogens is 2. The summed E-state index contributed by atoms with van der Waals surface area (Å²) in [6.45, 7) is 0.328. The number of pyridine rings is 1. The molecule has 0 radical (unpaired) electrons. The second kappa shape index (κ2) is 5.61. The van der Waals surface area contributed by atoms with E-state index in [4.69, 9.17) is 4.74 Å². The van der Waals surface area contributed by atoms with Crippen molar-refractivity contribution in [2.24, 2.45) is 5.10 Å². The second-order valence-electron chi connectivity index (χ2n) is 4.03. The SMILES string of the molecule is Fc1cc(I)ccc1Nc1cnccc1C1=NNCO1. The maximum absolute atomic E-state index is 13.9. The third kappa shape index (κ3) is 2.67. The molecule has 1 aromatic heterocycles. The summed E-state index contributed by atoms with van der Waals surface area (Å²) < 4.78 is 20.1. The number of nitrogens with zero attached hydrogens (tertiary/aromatic N) is 2. The molecular formula is C13H10FIN4O. The Hall–Kier alpha value is -1.90. The number of aromatic nitrogens is 1. The highest BCUT2D eigenvalue weighted by Crippen LogP contribution is 2.24. The number of ether oxygens (including phenoxy) is 1. The van der Waals surface area contributed by atoms with Crippen molar-refractivity contribution in [3.8, 4) is 0 Å². The van der Waals surface area contributed by atoms with Crippen LogP contribution in [-0.2, 0) is 4.74 Å². The van der Waals surface area contributed by atoms with Crippen molar-refractivity contribution in [2.45, 2.75) is 0 Å². The molecule has 1 aliphatic rings. The molecule has 2 heterocycles. The standard InChI is InChI=1S/C13H10FIN4O/c14-10-5-8(15)1-2-11(10)18-12-6-16-4-3-9(12)13-19-17-7-20-13/h1-6,17-18H,7H2. The van der Waals surface area contributed by atoms with E-state index in [0.717, 1.165) is 9.13 Å². The van der Waals surface area contributed by atoms with E-state index in [9.17, 15) is 4.39 Å². The second-order valence-corrected chi connectivity index (χ2v) is 5.28. The van der Waals surface area contributed by atoms with E-state index >= 15 is 0 Å². The molecule has 20 heavy (non-hydrogen) atoms. The first-order chi connectivity index (χ1) is 9.74. The minimum absolute atomic E-state index is 0.320. The molecule has 0 unspecified atom stereocenters. The molecule has 2 aromatic rings. The highest BCUT2D eigenvalue weighted by molar-refractivity contribution is 14.1. The van der Waals surface area contributed by atoms with Crippen LogP contribution in [0.5, 0.6) is 0 Å². The van der Waals surface area contributed by atoms with Crippen LogP contribution >= 0.6 is 22.6 Å². The summed E-state index contributed by atoms with van der Waals surface area (Å²) in [6, 6.07) is 6.74. The molecule has 0 saturated carbocycles. The zero-order chi connectivity index (χ0) is 13.9. The van der Waals surface area contributed by atoms with Crippen molar-refractivity contribution in [3.63, 3.8) is 0 Å². The van der Waals surface area contributed by atoms with Crippen LogP contribution in [0.15, 0.2) is 41.8 Å². The molecule has 0 fully saturated rings. The Balaban J connectivity index is 1.94. The maximum atomic E-state index is 13.9.